The number of aromatic nitrogens is 2. The zero-order valence-corrected chi connectivity index (χ0v) is 18.5. The fraction of sp³-hybridized carbons (Fsp3) is 0.652. The van der Waals surface area contributed by atoms with Crippen LogP contribution in [0.15, 0.2) is 23.8 Å². The van der Waals surface area contributed by atoms with Gasteiger partial charge in [0, 0.05) is 54.2 Å². The van der Waals surface area contributed by atoms with Crippen LogP contribution in [-0.4, -0.2) is 70.9 Å². The van der Waals surface area contributed by atoms with E-state index in [2.05, 4.69) is 27.2 Å². The number of amides is 1. The van der Waals surface area contributed by atoms with Crippen molar-refractivity contribution >= 4 is 17.2 Å². The van der Waals surface area contributed by atoms with Crippen LogP contribution in [0.4, 0.5) is 0 Å². The minimum absolute atomic E-state index is 0.230. The first kappa shape index (κ1) is 20.2. The highest BCUT2D eigenvalue weighted by Crippen LogP contribution is 2.37. The van der Waals surface area contributed by atoms with Gasteiger partial charge in [0.1, 0.15) is 0 Å². The van der Waals surface area contributed by atoms with Crippen LogP contribution in [0.25, 0.3) is 10.4 Å². The van der Waals surface area contributed by atoms with Crippen LogP contribution in [0, 0.1) is 5.92 Å². The van der Waals surface area contributed by atoms with E-state index in [1.807, 2.05) is 16.3 Å². The zero-order chi connectivity index (χ0) is 20.3. The average molecular weight is 429 g/mol. The number of hydrogen-bond acceptors (Lipinski definition) is 5. The largest absolute Gasteiger partial charge is 0.379 e. The second kappa shape index (κ2) is 9.20. The monoisotopic (exact) mass is 428 g/mol. The number of carbonyl (C=O) groups excluding carboxylic acids is 1. The number of hydrogen-bond donors (Lipinski definition) is 0. The molecule has 1 aliphatic carbocycles. The summed E-state index contributed by atoms with van der Waals surface area (Å²) < 4.78 is 7.43. The van der Waals surface area contributed by atoms with E-state index < -0.39 is 0 Å². The van der Waals surface area contributed by atoms with Crippen molar-refractivity contribution in [1.82, 2.24) is 19.6 Å². The molecule has 5 rings (SSSR count). The quantitative estimate of drug-likeness (QED) is 0.728. The summed E-state index contributed by atoms with van der Waals surface area (Å²) in [5.41, 5.74) is 1.96. The molecule has 1 amide bonds. The van der Waals surface area contributed by atoms with Crippen LogP contribution in [0.1, 0.15) is 48.9 Å². The summed E-state index contributed by atoms with van der Waals surface area (Å²) in [6, 6.07) is 2.54. The van der Waals surface area contributed by atoms with Crippen LogP contribution < -0.4 is 0 Å². The van der Waals surface area contributed by atoms with E-state index in [1.54, 1.807) is 11.3 Å². The number of nitrogens with zero attached hydrogens (tertiary/aromatic N) is 4. The Balaban J connectivity index is 1.23. The van der Waals surface area contributed by atoms with Gasteiger partial charge >= 0.3 is 0 Å². The maximum Gasteiger partial charge on any atom is 0.254 e. The third kappa shape index (κ3) is 4.34. The van der Waals surface area contributed by atoms with Crippen molar-refractivity contribution in [2.75, 3.05) is 39.4 Å². The summed E-state index contributed by atoms with van der Waals surface area (Å²) >= 11 is 1.66. The molecule has 0 N–H and O–H groups in total. The average Bonchev–Trinajstić information content (AvgIpc) is 3.47. The van der Waals surface area contributed by atoms with Gasteiger partial charge in [-0.2, -0.15) is 5.10 Å². The van der Waals surface area contributed by atoms with Crippen LogP contribution in [0.2, 0.25) is 0 Å². The lowest BCUT2D eigenvalue weighted by Crippen LogP contribution is -2.49. The molecule has 2 unspecified atom stereocenters. The Morgan fingerprint density at radius 3 is 2.83 bits per heavy atom. The Hall–Kier alpha value is -1.70. The first-order chi connectivity index (χ1) is 14.8. The summed E-state index contributed by atoms with van der Waals surface area (Å²) in [6.07, 6.45) is 11.6. The van der Waals surface area contributed by atoms with Crippen LogP contribution in [0.3, 0.4) is 0 Å². The van der Waals surface area contributed by atoms with Gasteiger partial charge in [-0.3, -0.25) is 14.4 Å². The second-order valence-corrected chi connectivity index (χ2v) is 9.81. The molecule has 162 valence electrons. The molecule has 4 heterocycles. The fourth-order valence-corrected chi connectivity index (χ4v) is 6.18. The maximum atomic E-state index is 13.3. The highest BCUT2D eigenvalue weighted by molar-refractivity contribution is 7.13. The topological polar surface area (TPSA) is 50.6 Å². The van der Waals surface area contributed by atoms with E-state index in [0.717, 1.165) is 74.3 Å². The van der Waals surface area contributed by atoms with E-state index in [9.17, 15) is 4.79 Å². The summed E-state index contributed by atoms with van der Waals surface area (Å²) in [6.45, 7) is 6.46. The molecule has 6 nitrogen and oxygen atoms in total. The number of piperidine rings is 1. The van der Waals surface area contributed by atoms with Crippen molar-refractivity contribution < 1.29 is 9.53 Å². The number of rotatable bonds is 5. The Morgan fingerprint density at radius 2 is 1.93 bits per heavy atom. The Morgan fingerprint density at radius 1 is 1.10 bits per heavy atom. The number of fused-ring (bicyclic) bond motifs is 1. The molecule has 7 heteroatoms. The zero-order valence-electron chi connectivity index (χ0n) is 17.7. The molecule has 0 bridgehead atoms. The van der Waals surface area contributed by atoms with Gasteiger partial charge in [0.15, 0.2) is 0 Å². The van der Waals surface area contributed by atoms with Gasteiger partial charge in [0.2, 0.25) is 0 Å². The molecule has 2 atom stereocenters. The van der Waals surface area contributed by atoms with E-state index in [-0.39, 0.29) is 5.91 Å². The van der Waals surface area contributed by atoms with Crippen LogP contribution in [0.5, 0.6) is 0 Å². The van der Waals surface area contributed by atoms with Gasteiger partial charge in [-0.1, -0.05) is 12.8 Å². The van der Waals surface area contributed by atoms with Gasteiger partial charge in [0.05, 0.1) is 31.5 Å². The minimum Gasteiger partial charge on any atom is -0.379 e. The number of thiophene rings is 1. The van der Waals surface area contributed by atoms with Crippen molar-refractivity contribution in [3.05, 3.63) is 29.4 Å². The molecule has 0 aromatic carbocycles. The molecule has 2 saturated heterocycles. The Kier molecular flexibility index (Phi) is 6.20. The molecular weight excluding hydrogens is 396 g/mol. The molecule has 30 heavy (non-hydrogen) atoms. The Bertz CT molecular complexity index is 855. The van der Waals surface area contributed by atoms with Crippen molar-refractivity contribution in [3.8, 4) is 10.4 Å². The van der Waals surface area contributed by atoms with E-state index in [1.165, 1.54) is 32.1 Å². The highest BCUT2D eigenvalue weighted by Gasteiger charge is 2.36. The second-order valence-electron chi connectivity index (χ2n) is 8.90. The summed E-state index contributed by atoms with van der Waals surface area (Å²) in [4.78, 5) is 19.0. The molecule has 3 fully saturated rings. The highest BCUT2D eigenvalue weighted by atomic mass is 32.1. The van der Waals surface area contributed by atoms with E-state index >= 15 is 0 Å². The van der Waals surface area contributed by atoms with Crippen molar-refractivity contribution in [2.24, 2.45) is 5.92 Å². The van der Waals surface area contributed by atoms with Crippen LogP contribution in [-0.2, 0) is 11.3 Å². The van der Waals surface area contributed by atoms with Gasteiger partial charge in [-0.05, 0) is 37.7 Å². The summed E-state index contributed by atoms with van der Waals surface area (Å²) in [5, 5.41) is 6.58. The molecule has 1 saturated carbocycles. The molecule has 0 radical (unpaired) electrons. The first-order valence-corrected chi connectivity index (χ1v) is 12.4. The predicted molar refractivity (Wildman–Crippen MR) is 119 cm³/mol. The lowest BCUT2D eigenvalue weighted by Gasteiger charge is -2.44. The van der Waals surface area contributed by atoms with Gasteiger partial charge in [-0.25, -0.2) is 0 Å². The number of morpholine rings is 1. The molecule has 2 aromatic rings. The summed E-state index contributed by atoms with van der Waals surface area (Å²) in [7, 11) is 0. The lowest BCUT2D eigenvalue weighted by molar-refractivity contribution is 0.0359. The van der Waals surface area contributed by atoms with Crippen molar-refractivity contribution in [1.29, 1.82) is 0 Å². The number of carbonyl (C=O) groups is 1. The SMILES string of the molecule is O=C(c1csc(-c2cnn(CCN3CCOCC3)c2)c1)N1CCCC2CCCCC21. The first-order valence-electron chi connectivity index (χ1n) is 11.5. The van der Waals surface area contributed by atoms with Crippen molar-refractivity contribution in [3.63, 3.8) is 0 Å². The van der Waals surface area contributed by atoms with E-state index in [4.69, 9.17) is 4.74 Å². The molecule has 3 aliphatic rings. The van der Waals surface area contributed by atoms with Gasteiger partial charge < -0.3 is 9.64 Å². The van der Waals surface area contributed by atoms with Crippen LogP contribution >= 0.6 is 11.3 Å². The molecular formula is C23H32N4O2S. The molecule has 2 aromatic heterocycles. The fourth-order valence-electron chi connectivity index (χ4n) is 5.32. The predicted octanol–water partition coefficient (Wildman–Crippen LogP) is 3.74. The molecule has 2 aliphatic heterocycles. The van der Waals surface area contributed by atoms with Gasteiger partial charge in [-0.15, -0.1) is 11.3 Å². The smallest absolute Gasteiger partial charge is 0.254 e. The third-order valence-electron chi connectivity index (χ3n) is 7.02. The number of ether oxygens (including phenoxy) is 1. The minimum atomic E-state index is 0.230. The number of likely N-dealkylation sites (tertiary alicyclic amines) is 1. The van der Waals surface area contributed by atoms with E-state index in [0.29, 0.717) is 6.04 Å². The standard InChI is InChI=1S/C23H32N4O2S/c28-23(27-7-3-5-18-4-1-2-6-21(18)27)19-14-22(30-17-19)20-15-24-26(16-20)9-8-25-10-12-29-13-11-25/h14-18,21H,1-13H2. The third-order valence-corrected chi connectivity index (χ3v) is 8.00. The maximum absolute atomic E-state index is 13.3. The lowest BCUT2D eigenvalue weighted by atomic mass is 9.78. The summed E-state index contributed by atoms with van der Waals surface area (Å²) in [5.74, 6) is 0.952. The Labute approximate surface area is 182 Å². The normalized spacial score (nSPS) is 25.3. The molecule has 0 spiro atoms. The van der Waals surface area contributed by atoms with Gasteiger partial charge in [0.25, 0.3) is 5.91 Å². The van der Waals surface area contributed by atoms with Crippen molar-refractivity contribution in [2.45, 2.75) is 51.1 Å².